The highest BCUT2D eigenvalue weighted by Gasteiger charge is 2.23. The van der Waals surface area contributed by atoms with E-state index < -0.39 is 6.43 Å². The highest BCUT2D eigenvalue weighted by atomic mass is 19.3. The number of allylic oxidation sites excluding steroid dienone is 4. The number of rotatable bonds is 2. The van der Waals surface area contributed by atoms with Gasteiger partial charge in [-0.15, -0.1) is 0 Å². The van der Waals surface area contributed by atoms with Crippen molar-refractivity contribution in [3.8, 4) is 0 Å². The van der Waals surface area contributed by atoms with Crippen LogP contribution in [-0.4, -0.2) is 12.6 Å². The van der Waals surface area contributed by atoms with Gasteiger partial charge in [-0.2, -0.15) is 0 Å². The van der Waals surface area contributed by atoms with Crippen molar-refractivity contribution in [3.05, 3.63) is 34.9 Å². The van der Waals surface area contributed by atoms with E-state index in [4.69, 9.17) is 5.41 Å². The standard InChI is InChI=1S/C10H11F2N3/c11-10(12)8-5-7(6-1-2-6)14-9(15-8)3-4-13/h3-5,10,13-15H,1-2H2/b9-3-,13-4?. The number of hydrogen-bond acceptors (Lipinski definition) is 3. The molecule has 3 nitrogen and oxygen atoms in total. The van der Waals surface area contributed by atoms with Gasteiger partial charge in [-0.25, -0.2) is 8.78 Å². The van der Waals surface area contributed by atoms with Crippen molar-refractivity contribution in [2.75, 3.05) is 0 Å². The summed E-state index contributed by atoms with van der Waals surface area (Å²) in [4.78, 5) is 0. The van der Waals surface area contributed by atoms with E-state index in [-0.39, 0.29) is 5.70 Å². The van der Waals surface area contributed by atoms with Gasteiger partial charge in [0.25, 0.3) is 6.43 Å². The molecule has 0 atom stereocenters. The zero-order valence-electron chi connectivity index (χ0n) is 7.98. The van der Waals surface area contributed by atoms with E-state index >= 15 is 0 Å². The first-order valence-electron chi connectivity index (χ1n) is 4.67. The quantitative estimate of drug-likeness (QED) is 0.610. The molecule has 0 bridgehead atoms. The maximum atomic E-state index is 12.5. The topological polar surface area (TPSA) is 47.9 Å². The number of alkyl halides is 2. The Morgan fingerprint density at radius 3 is 2.60 bits per heavy atom. The first kappa shape index (κ1) is 9.89. The van der Waals surface area contributed by atoms with Crippen molar-refractivity contribution < 1.29 is 8.78 Å². The lowest BCUT2D eigenvalue weighted by atomic mass is 10.2. The van der Waals surface area contributed by atoms with E-state index in [2.05, 4.69) is 10.6 Å². The second-order valence-electron chi connectivity index (χ2n) is 3.41. The first-order chi connectivity index (χ1) is 7.20. The van der Waals surface area contributed by atoms with Crippen molar-refractivity contribution in [3.63, 3.8) is 0 Å². The van der Waals surface area contributed by atoms with Crippen molar-refractivity contribution in [2.24, 2.45) is 0 Å². The molecule has 15 heavy (non-hydrogen) atoms. The maximum absolute atomic E-state index is 12.5. The molecule has 0 unspecified atom stereocenters. The smallest absolute Gasteiger partial charge is 0.278 e. The predicted octanol–water partition coefficient (Wildman–Crippen LogP) is 1.87. The minimum Gasteiger partial charge on any atom is -0.342 e. The fourth-order valence-corrected chi connectivity index (χ4v) is 1.37. The van der Waals surface area contributed by atoms with Gasteiger partial charge in [0.15, 0.2) is 0 Å². The number of halogens is 2. The predicted molar refractivity (Wildman–Crippen MR) is 53.5 cm³/mol. The maximum Gasteiger partial charge on any atom is 0.278 e. The molecule has 2 rings (SSSR count). The Morgan fingerprint density at radius 1 is 1.33 bits per heavy atom. The van der Waals surface area contributed by atoms with Gasteiger partial charge in [-0.1, -0.05) is 0 Å². The minimum atomic E-state index is -2.52. The van der Waals surface area contributed by atoms with Gasteiger partial charge in [-0.3, -0.25) is 0 Å². The molecule has 3 N–H and O–H groups in total. The van der Waals surface area contributed by atoms with Crippen molar-refractivity contribution in [1.82, 2.24) is 10.6 Å². The Kier molecular flexibility index (Phi) is 2.53. The summed E-state index contributed by atoms with van der Waals surface area (Å²) >= 11 is 0. The summed E-state index contributed by atoms with van der Waals surface area (Å²) in [5, 5.41) is 12.4. The van der Waals surface area contributed by atoms with E-state index in [1.54, 1.807) is 0 Å². The summed E-state index contributed by atoms with van der Waals surface area (Å²) in [6, 6.07) is 0. The fourth-order valence-electron chi connectivity index (χ4n) is 1.37. The molecule has 0 aromatic rings. The van der Waals surface area contributed by atoms with Crippen LogP contribution < -0.4 is 10.6 Å². The molecule has 2 aliphatic rings. The van der Waals surface area contributed by atoms with Crippen molar-refractivity contribution in [1.29, 1.82) is 5.41 Å². The van der Waals surface area contributed by atoms with Crippen molar-refractivity contribution >= 4 is 6.21 Å². The SMILES string of the molecule is N=C/C=C1\NC(C(F)F)=CC(=C2CC2)N1. The highest BCUT2D eigenvalue weighted by molar-refractivity contribution is 5.69. The van der Waals surface area contributed by atoms with Gasteiger partial charge < -0.3 is 16.0 Å². The second kappa shape index (κ2) is 3.84. The van der Waals surface area contributed by atoms with E-state index in [0.29, 0.717) is 5.82 Å². The van der Waals surface area contributed by atoms with Gasteiger partial charge in [0.05, 0.1) is 5.70 Å². The van der Waals surface area contributed by atoms with E-state index in [1.807, 2.05) is 0 Å². The summed E-state index contributed by atoms with van der Waals surface area (Å²) < 4.78 is 25.1. The molecule has 0 amide bonds. The van der Waals surface area contributed by atoms with Crippen LogP contribution in [0.25, 0.3) is 0 Å². The summed E-state index contributed by atoms with van der Waals surface area (Å²) in [7, 11) is 0. The molecule has 0 saturated heterocycles. The summed E-state index contributed by atoms with van der Waals surface area (Å²) in [5.74, 6) is 0.428. The van der Waals surface area contributed by atoms with Crippen molar-refractivity contribution in [2.45, 2.75) is 19.3 Å². The molecular formula is C10H11F2N3. The molecular weight excluding hydrogens is 200 g/mol. The zero-order valence-corrected chi connectivity index (χ0v) is 7.98. The molecule has 80 valence electrons. The lowest BCUT2D eigenvalue weighted by Crippen LogP contribution is -2.33. The summed E-state index contributed by atoms with van der Waals surface area (Å²) in [6.07, 6.45) is 3.32. The van der Waals surface area contributed by atoms with Gasteiger partial charge in [0.1, 0.15) is 5.82 Å². The molecule has 1 saturated carbocycles. The van der Waals surface area contributed by atoms with Gasteiger partial charge in [0.2, 0.25) is 0 Å². The van der Waals surface area contributed by atoms with Crippen LogP contribution >= 0.6 is 0 Å². The molecule has 1 heterocycles. The van der Waals surface area contributed by atoms with Crippen LogP contribution in [0, 0.1) is 5.41 Å². The Hall–Kier alpha value is -1.65. The van der Waals surface area contributed by atoms with Crippen LogP contribution in [0.5, 0.6) is 0 Å². The van der Waals surface area contributed by atoms with Crippen LogP contribution in [0.3, 0.4) is 0 Å². The number of hydrogen-bond donors (Lipinski definition) is 3. The van der Waals surface area contributed by atoms with E-state index in [9.17, 15) is 8.78 Å². The van der Waals surface area contributed by atoms with E-state index in [0.717, 1.165) is 30.3 Å². The minimum absolute atomic E-state index is 0.115. The largest absolute Gasteiger partial charge is 0.342 e. The summed E-state index contributed by atoms with van der Waals surface area (Å²) in [5.41, 5.74) is 1.79. The average molecular weight is 211 g/mol. The highest BCUT2D eigenvalue weighted by Crippen LogP contribution is 2.33. The van der Waals surface area contributed by atoms with Crippen LogP contribution in [-0.2, 0) is 0 Å². The van der Waals surface area contributed by atoms with Crippen LogP contribution in [0.4, 0.5) is 8.78 Å². The zero-order chi connectivity index (χ0) is 10.8. The summed E-state index contributed by atoms with van der Waals surface area (Å²) in [6.45, 7) is 0. The first-order valence-corrected chi connectivity index (χ1v) is 4.67. The number of nitrogens with one attached hydrogen (secondary N) is 3. The fraction of sp³-hybridized carbons (Fsp3) is 0.300. The van der Waals surface area contributed by atoms with Crippen LogP contribution in [0.15, 0.2) is 34.9 Å². The third-order valence-corrected chi connectivity index (χ3v) is 2.21. The Morgan fingerprint density at radius 2 is 2.07 bits per heavy atom. The Balaban J connectivity index is 2.29. The molecule has 0 aromatic heterocycles. The van der Waals surface area contributed by atoms with Gasteiger partial charge in [-0.05, 0) is 30.6 Å². The monoisotopic (exact) mass is 211 g/mol. The molecule has 5 heteroatoms. The van der Waals surface area contributed by atoms with Crippen LogP contribution in [0.1, 0.15) is 12.8 Å². The van der Waals surface area contributed by atoms with Gasteiger partial charge in [0, 0.05) is 11.9 Å². The second-order valence-corrected chi connectivity index (χ2v) is 3.41. The molecule has 1 aliphatic heterocycles. The Bertz CT molecular complexity index is 374. The third kappa shape index (κ3) is 2.23. The Labute approximate surface area is 86.1 Å². The molecule has 1 aliphatic carbocycles. The lowest BCUT2D eigenvalue weighted by Gasteiger charge is -2.22. The molecule has 1 fully saturated rings. The molecule has 0 aromatic carbocycles. The average Bonchev–Trinajstić information content (AvgIpc) is 3.01. The molecule has 0 spiro atoms. The normalized spacial score (nSPS) is 22.3. The van der Waals surface area contributed by atoms with Gasteiger partial charge >= 0.3 is 0 Å². The molecule has 0 radical (unpaired) electrons. The third-order valence-electron chi connectivity index (χ3n) is 2.21. The van der Waals surface area contributed by atoms with E-state index in [1.165, 1.54) is 12.2 Å². The van der Waals surface area contributed by atoms with Crippen LogP contribution in [0.2, 0.25) is 0 Å². The lowest BCUT2D eigenvalue weighted by molar-refractivity contribution is 0.181.